The Balaban J connectivity index is 2.09. The van der Waals surface area contributed by atoms with E-state index in [-0.39, 0.29) is 5.56 Å². The maximum atomic E-state index is 12.4. The number of aryl methyl sites for hydroxylation is 3. The van der Waals surface area contributed by atoms with Crippen molar-refractivity contribution in [3.63, 3.8) is 0 Å². The molecule has 0 saturated carbocycles. The summed E-state index contributed by atoms with van der Waals surface area (Å²) >= 11 is 11.8. The smallest absolute Gasteiger partial charge is 0.339 e. The van der Waals surface area contributed by atoms with Gasteiger partial charge in [-0.15, -0.1) is 0 Å². The zero-order valence-corrected chi connectivity index (χ0v) is 16.0. The van der Waals surface area contributed by atoms with Gasteiger partial charge in [-0.25, -0.2) is 4.79 Å². The number of carbonyl (C=O) groups is 2. The molecule has 2 aromatic carbocycles. The SMILES string of the molecule is Cc1cc(C)c(NC(=O)[C@H](C)OC(=O)c2cc(Cl)cc(Cl)c2)c(C)c1. The average Bonchev–Trinajstić information content (AvgIpc) is 2.49. The largest absolute Gasteiger partial charge is 0.449 e. The third kappa shape index (κ3) is 4.97. The van der Waals surface area contributed by atoms with Gasteiger partial charge in [-0.2, -0.15) is 0 Å². The van der Waals surface area contributed by atoms with Crippen LogP contribution in [-0.2, 0) is 9.53 Å². The van der Waals surface area contributed by atoms with Crippen molar-refractivity contribution in [3.05, 3.63) is 62.6 Å². The van der Waals surface area contributed by atoms with Crippen LogP contribution in [0.3, 0.4) is 0 Å². The number of esters is 1. The molecule has 1 amide bonds. The molecule has 0 aliphatic heterocycles. The first-order valence-corrected chi connectivity index (χ1v) is 8.48. The summed E-state index contributed by atoms with van der Waals surface area (Å²) in [5, 5.41) is 3.46. The predicted molar refractivity (Wildman–Crippen MR) is 101 cm³/mol. The first-order chi connectivity index (χ1) is 11.7. The zero-order valence-electron chi connectivity index (χ0n) is 14.4. The predicted octanol–water partition coefficient (Wildman–Crippen LogP) is 5.10. The highest BCUT2D eigenvalue weighted by molar-refractivity contribution is 6.35. The van der Waals surface area contributed by atoms with E-state index in [1.165, 1.54) is 25.1 Å². The maximum absolute atomic E-state index is 12.4. The van der Waals surface area contributed by atoms with E-state index in [0.29, 0.717) is 10.0 Å². The van der Waals surface area contributed by atoms with Crippen molar-refractivity contribution in [1.82, 2.24) is 0 Å². The van der Waals surface area contributed by atoms with Crippen molar-refractivity contribution in [3.8, 4) is 0 Å². The minimum absolute atomic E-state index is 0.194. The molecule has 25 heavy (non-hydrogen) atoms. The summed E-state index contributed by atoms with van der Waals surface area (Å²) < 4.78 is 5.22. The molecule has 2 rings (SSSR count). The second-order valence-electron chi connectivity index (χ2n) is 5.97. The van der Waals surface area contributed by atoms with Gasteiger partial charge in [0, 0.05) is 15.7 Å². The van der Waals surface area contributed by atoms with Gasteiger partial charge in [0.15, 0.2) is 6.10 Å². The van der Waals surface area contributed by atoms with Crippen LogP contribution in [0.1, 0.15) is 34.0 Å². The van der Waals surface area contributed by atoms with Crippen LogP contribution in [0.4, 0.5) is 5.69 Å². The van der Waals surface area contributed by atoms with Gasteiger partial charge in [-0.1, -0.05) is 40.9 Å². The standard InChI is InChI=1S/C19H19Cl2NO3/c1-10-5-11(2)17(12(3)6-10)22-18(23)13(4)25-19(24)14-7-15(20)9-16(21)8-14/h5-9,13H,1-4H3,(H,22,23)/t13-/m0/s1. The molecule has 132 valence electrons. The quantitative estimate of drug-likeness (QED) is 0.751. The number of hydrogen-bond donors (Lipinski definition) is 1. The minimum atomic E-state index is -0.967. The van der Waals surface area contributed by atoms with Gasteiger partial charge < -0.3 is 10.1 Å². The molecule has 0 saturated heterocycles. The second-order valence-corrected chi connectivity index (χ2v) is 6.84. The Morgan fingerprint density at radius 2 is 1.48 bits per heavy atom. The number of rotatable bonds is 4. The molecular formula is C19H19Cl2NO3. The first kappa shape index (κ1) is 19.3. The van der Waals surface area contributed by atoms with Crippen LogP contribution >= 0.6 is 23.2 Å². The van der Waals surface area contributed by atoms with Gasteiger partial charge in [0.2, 0.25) is 0 Å². The van der Waals surface area contributed by atoms with Gasteiger partial charge >= 0.3 is 5.97 Å². The highest BCUT2D eigenvalue weighted by atomic mass is 35.5. The van der Waals surface area contributed by atoms with Crippen LogP contribution in [0.2, 0.25) is 10.0 Å². The van der Waals surface area contributed by atoms with Crippen LogP contribution in [-0.4, -0.2) is 18.0 Å². The highest BCUT2D eigenvalue weighted by Gasteiger charge is 2.20. The monoisotopic (exact) mass is 379 g/mol. The molecule has 0 radical (unpaired) electrons. The van der Waals surface area contributed by atoms with E-state index in [4.69, 9.17) is 27.9 Å². The fourth-order valence-corrected chi connectivity index (χ4v) is 3.08. The number of anilines is 1. The molecule has 0 heterocycles. The molecule has 6 heteroatoms. The van der Waals surface area contributed by atoms with E-state index in [2.05, 4.69) is 5.32 Å². The maximum Gasteiger partial charge on any atom is 0.339 e. The summed E-state index contributed by atoms with van der Waals surface area (Å²) in [6.45, 7) is 7.34. The molecule has 0 aliphatic rings. The summed E-state index contributed by atoms with van der Waals surface area (Å²) in [7, 11) is 0. The molecule has 0 aliphatic carbocycles. The van der Waals surface area contributed by atoms with E-state index in [1.54, 1.807) is 0 Å². The molecule has 2 aromatic rings. The zero-order chi connectivity index (χ0) is 18.7. The van der Waals surface area contributed by atoms with E-state index in [9.17, 15) is 9.59 Å². The lowest BCUT2D eigenvalue weighted by atomic mass is 10.0. The van der Waals surface area contributed by atoms with Crippen LogP contribution < -0.4 is 5.32 Å². The van der Waals surface area contributed by atoms with Crippen LogP contribution in [0.15, 0.2) is 30.3 Å². The van der Waals surface area contributed by atoms with Crippen molar-refractivity contribution >= 4 is 40.8 Å². The van der Waals surface area contributed by atoms with Crippen LogP contribution in [0.5, 0.6) is 0 Å². The van der Waals surface area contributed by atoms with Crippen molar-refractivity contribution in [2.75, 3.05) is 5.32 Å². The fourth-order valence-electron chi connectivity index (χ4n) is 2.56. The number of amides is 1. The lowest BCUT2D eigenvalue weighted by molar-refractivity contribution is -0.123. The van der Waals surface area contributed by atoms with Gasteiger partial charge in [0.25, 0.3) is 5.91 Å². The lowest BCUT2D eigenvalue weighted by Gasteiger charge is -2.17. The molecular weight excluding hydrogens is 361 g/mol. The van der Waals surface area contributed by atoms with Crippen molar-refractivity contribution in [1.29, 1.82) is 0 Å². The van der Waals surface area contributed by atoms with E-state index < -0.39 is 18.0 Å². The summed E-state index contributed by atoms with van der Waals surface area (Å²) in [5.41, 5.74) is 3.94. The summed E-state index contributed by atoms with van der Waals surface area (Å²) in [5.74, 6) is -1.07. The summed E-state index contributed by atoms with van der Waals surface area (Å²) in [6.07, 6.45) is -0.967. The average molecular weight is 380 g/mol. The van der Waals surface area contributed by atoms with Crippen molar-refractivity contribution in [2.24, 2.45) is 0 Å². The topological polar surface area (TPSA) is 55.4 Å². The Kier molecular flexibility index (Phi) is 6.09. The van der Waals surface area contributed by atoms with Crippen molar-refractivity contribution < 1.29 is 14.3 Å². The lowest BCUT2D eigenvalue weighted by Crippen LogP contribution is -2.30. The highest BCUT2D eigenvalue weighted by Crippen LogP contribution is 2.23. The van der Waals surface area contributed by atoms with Gasteiger partial charge in [-0.05, 0) is 57.0 Å². The van der Waals surface area contributed by atoms with Gasteiger partial charge in [0.05, 0.1) is 5.56 Å². The Morgan fingerprint density at radius 1 is 0.960 bits per heavy atom. The van der Waals surface area contributed by atoms with E-state index in [1.807, 2.05) is 32.9 Å². The van der Waals surface area contributed by atoms with Gasteiger partial charge in [-0.3, -0.25) is 4.79 Å². The fraction of sp³-hybridized carbons (Fsp3) is 0.263. The van der Waals surface area contributed by atoms with Gasteiger partial charge in [0.1, 0.15) is 0 Å². The molecule has 1 N–H and O–H groups in total. The van der Waals surface area contributed by atoms with Crippen LogP contribution in [0.25, 0.3) is 0 Å². The molecule has 0 aromatic heterocycles. The first-order valence-electron chi connectivity index (χ1n) is 7.73. The normalized spacial score (nSPS) is 11.8. The number of hydrogen-bond acceptors (Lipinski definition) is 3. The van der Waals surface area contributed by atoms with E-state index in [0.717, 1.165) is 22.4 Å². The minimum Gasteiger partial charge on any atom is -0.449 e. The number of carbonyl (C=O) groups excluding carboxylic acids is 2. The molecule has 0 bridgehead atoms. The third-order valence-electron chi connectivity index (χ3n) is 3.68. The summed E-state index contributed by atoms with van der Waals surface area (Å²) in [4.78, 5) is 24.5. The molecule has 0 fully saturated rings. The number of ether oxygens (including phenoxy) is 1. The Hall–Kier alpha value is -2.04. The Labute approximate surface area is 157 Å². The molecule has 0 spiro atoms. The molecule has 4 nitrogen and oxygen atoms in total. The Bertz CT molecular complexity index is 790. The van der Waals surface area contributed by atoms with Crippen LogP contribution in [0, 0.1) is 20.8 Å². The van der Waals surface area contributed by atoms with E-state index >= 15 is 0 Å². The third-order valence-corrected chi connectivity index (χ3v) is 4.11. The molecule has 1 atom stereocenters. The number of halogens is 2. The number of benzene rings is 2. The summed E-state index contributed by atoms with van der Waals surface area (Å²) in [6, 6.07) is 8.35. The number of nitrogens with one attached hydrogen (secondary N) is 1. The Morgan fingerprint density at radius 3 is 2.00 bits per heavy atom. The van der Waals surface area contributed by atoms with Crippen molar-refractivity contribution in [2.45, 2.75) is 33.8 Å². The second kappa shape index (κ2) is 7.89. The molecule has 0 unspecified atom stereocenters.